The maximum atomic E-state index is 13.6. The largest absolute Gasteiger partial charge is 0.444 e. The molecule has 2 saturated heterocycles. The van der Waals surface area contributed by atoms with E-state index >= 15 is 0 Å². The van der Waals surface area contributed by atoms with Gasteiger partial charge in [0.15, 0.2) is 5.13 Å². The Morgan fingerprint density at radius 3 is 2.60 bits per heavy atom. The van der Waals surface area contributed by atoms with Gasteiger partial charge in [-0.2, -0.15) is 5.26 Å². The number of amides is 1. The number of ketones is 1. The van der Waals surface area contributed by atoms with Crippen LogP contribution in [0, 0.1) is 16.7 Å². The van der Waals surface area contributed by atoms with Gasteiger partial charge in [-0.15, -0.1) is 0 Å². The highest BCUT2D eigenvalue weighted by atomic mass is 32.1. The number of ether oxygens (including phenoxy) is 1. The first-order valence-corrected chi connectivity index (χ1v) is 12.6. The molecular weight excluding hydrogens is 462 g/mol. The number of aromatic nitrogens is 2. The first-order chi connectivity index (χ1) is 16.4. The molecule has 1 aromatic carbocycles. The monoisotopic (exact) mass is 489 g/mol. The summed E-state index contributed by atoms with van der Waals surface area (Å²) in [5, 5.41) is 11.0. The zero-order valence-electron chi connectivity index (χ0n) is 20.5. The van der Waals surface area contributed by atoms with Gasteiger partial charge >= 0.3 is 6.09 Å². The van der Waals surface area contributed by atoms with Crippen molar-refractivity contribution >= 4 is 39.2 Å². The van der Waals surface area contributed by atoms with E-state index < -0.39 is 11.0 Å². The summed E-state index contributed by atoms with van der Waals surface area (Å²) in [6, 6.07) is 7.57. The van der Waals surface area contributed by atoms with Gasteiger partial charge in [0.1, 0.15) is 10.5 Å². The number of carbonyl (C=O) groups is 2. The molecule has 0 saturated carbocycles. The van der Waals surface area contributed by atoms with Crippen LogP contribution in [0.5, 0.6) is 0 Å². The third-order valence-electron chi connectivity index (χ3n) is 7.22. The first-order valence-electron chi connectivity index (χ1n) is 11.8. The molecule has 4 heterocycles. The van der Waals surface area contributed by atoms with Gasteiger partial charge in [-0.1, -0.05) is 17.4 Å². The van der Waals surface area contributed by atoms with Crippen LogP contribution in [-0.2, 0) is 10.2 Å². The minimum absolute atomic E-state index is 0.0102. The summed E-state index contributed by atoms with van der Waals surface area (Å²) >= 11 is 1.46. The molecule has 3 aliphatic rings. The number of carbonyl (C=O) groups excluding carboxylic acids is 2. The number of nitrogens with one attached hydrogen (secondary N) is 1. The summed E-state index contributed by atoms with van der Waals surface area (Å²) in [5.74, 6) is -0.0102. The minimum Gasteiger partial charge on any atom is -0.444 e. The van der Waals surface area contributed by atoms with Crippen molar-refractivity contribution in [3.8, 4) is 6.07 Å². The zero-order valence-corrected chi connectivity index (χ0v) is 21.3. The van der Waals surface area contributed by atoms with E-state index in [1.807, 2.05) is 26.8 Å². The molecule has 6 rings (SSSR count). The van der Waals surface area contributed by atoms with Crippen molar-refractivity contribution in [1.82, 2.24) is 14.9 Å². The van der Waals surface area contributed by atoms with Crippen LogP contribution in [0.4, 0.5) is 9.93 Å². The van der Waals surface area contributed by atoms with Crippen molar-refractivity contribution in [2.45, 2.75) is 45.6 Å². The Hall–Kier alpha value is -3.38. The number of anilines is 1. The van der Waals surface area contributed by atoms with Gasteiger partial charge in [-0.05, 0) is 46.8 Å². The molecule has 9 heteroatoms. The lowest BCUT2D eigenvalue weighted by atomic mass is 9.73. The van der Waals surface area contributed by atoms with E-state index in [1.165, 1.54) is 11.3 Å². The highest BCUT2D eigenvalue weighted by Gasteiger charge is 2.55. The van der Waals surface area contributed by atoms with Crippen molar-refractivity contribution in [3.05, 3.63) is 45.6 Å². The maximum Gasteiger partial charge on any atom is 0.410 e. The van der Waals surface area contributed by atoms with Crippen molar-refractivity contribution in [2.24, 2.45) is 5.41 Å². The van der Waals surface area contributed by atoms with Gasteiger partial charge in [-0.3, -0.25) is 4.79 Å². The second-order valence-corrected chi connectivity index (χ2v) is 12.5. The second kappa shape index (κ2) is 6.85. The fourth-order valence-corrected chi connectivity index (χ4v) is 6.71. The second-order valence-electron chi connectivity index (χ2n) is 11.6. The molecule has 1 spiro atoms. The summed E-state index contributed by atoms with van der Waals surface area (Å²) in [4.78, 5) is 38.9. The molecule has 1 N–H and O–H groups in total. The normalized spacial score (nSPS) is 19.6. The third-order valence-corrected chi connectivity index (χ3v) is 8.34. The lowest BCUT2D eigenvalue weighted by Crippen LogP contribution is -2.73. The number of thiazole rings is 1. The standard InChI is InChI=1S/C26H27N5O3S/c1-24(2,3)34-23(33)31-12-26(13-31)10-30(11-26)22-29-21-19(35-22)18(32)17-15-7-6-14(9-27)8-16(15)28-20(17)25(21,4)5/h6-8,28H,10-13H2,1-5H3. The number of aromatic amines is 1. The molecular formula is C26H27N5O3S. The average Bonchev–Trinajstić information content (AvgIpc) is 3.32. The molecule has 2 aliphatic heterocycles. The van der Waals surface area contributed by atoms with E-state index in [-0.39, 0.29) is 17.3 Å². The molecule has 35 heavy (non-hydrogen) atoms. The number of hydrogen-bond donors (Lipinski definition) is 1. The predicted octanol–water partition coefficient (Wildman–Crippen LogP) is 4.42. The molecule has 3 aromatic rings. The molecule has 0 atom stereocenters. The van der Waals surface area contributed by atoms with Gasteiger partial charge in [0.25, 0.3) is 0 Å². The van der Waals surface area contributed by atoms with Gasteiger partial charge < -0.3 is 19.5 Å². The van der Waals surface area contributed by atoms with E-state index in [1.54, 1.807) is 17.0 Å². The van der Waals surface area contributed by atoms with Crippen molar-refractivity contribution in [3.63, 3.8) is 0 Å². The predicted molar refractivity (Wildman–Crippen MR) is 133 cm³/mol. The van der Waals surface area contributed by atoms with Gasteiger partial charge in [0.2, 0.25) is 5.78 Å². The summed E-state index contributed by atoms with van der Waals surface area (Å²) in [5.41, 5.74) is 2.82. The van der Waals surface area contributed by atoms with Crippen LogP contribution in [0.3, 0.4) is 0 Å². The number of rotatable bonds is 1. The molecule has 0 bridgehead atoms. The highest BCUT2D eigenvalue weighted by molar-refractivity contribution is 7.18. The Labute approximate surface area is 207 Å². The van der Waals surface area contributed by atoms with Gasteiger partial charge in [0.05, 0.1) is 22.9 Å². The fourth-order valence-electron chi connectivity index (χ4n) is 5.54. The smallest absolute Gasteiger partial charge is 0.410 e. The van der Waals surface area contributed by atoms with Gasteiger partial charge in [0, 0.05) is 53.6 Å². The summed E-state index contributed by atoms with van der Waals surface area (Å²) in [7, 11) is 0. The van der Waals surface area contributed by atoms with Crippen LogP contribution in [0.25, 0.3) is 10.9 Å². The van der Waals surface area contributed by atoms with Crippen molar-refractivity contribution < 1.29 is 14.3 Å². The average molecular weight is 490 g/mol. The summed E-state index contributed by atoms with van der Waals surface area (Å²) in [6.45, 7) is 12.8. The topological polar surface area (TPSA) is 102 Å². The molecule has 2 fully saturated rings. The number of hydrogen-bond acceptors (Lipinski definition) is 7. The quantitative estimate of drug-likeness (QED) is 0.543. The SMILES string of the molecule is CC(C)(C)OC(=O)N1CC2(C1)CN(c1nc3c(s1)C(=O)c1c([nH]c4cc(C#N)ccc14)C3(C)C)C2. The molecule has 2 aromatic heterocycles. The van der Waals surface area contributed by atoms with Gasteiger partial charge in [-0.25, -0.2) is 9.78 Å². The number of likely N-dealkylation sites (tertiary alicyclic amines) is 1. The van der Waals surface area contributed by atoms with E-state index in [0.29, 0.717) is 29.1 Å². The van der Waals surface area contributed by atoms with E-state index in [2.05, 4.69) is 29.8 Å². The Morgan fingerprint density at radius 2 is 1.94 bits per heavy atom. The van der Waals surface area contributed by atoms with E-state index in [4.69, 9.17) is 9.72 Å². The lowest BCUT2D eigenvalue weighted by Gasteiger charge is -2.59. The number of nitrogens with zero attached hydrogens (tertiary/aromatic N) is 4. The van der Waals surface area contributed by atoms with E-state index in [0.717, 1.165) is 40.5 Å². The summed E-state index contributed by atoms with van der Waals surface area (Å²) in [6.07, 6.45) is -0.256. The molecule has 1 aliphatic carbocycles. The molecule has 1 amide bonds. The number of benzene rings is 1. The van der Waals surface area contributed by atoms with Crippen LogP contribution in [0.1, 0.15) is 66.8 Å². The zero-order chi connectivity index (χ0) is 24.9. The molecule has 180 valence electrons. The number of H-pyrrole nitrogens is 1. The Bertz CT molecular complexity index is 1450. The third kappa shape index (κ3) is 3.19. The van der Waals surface area contributed by atoms with Crippen LogP contribution in [0.15, 0.2) is 18.2 Å². The van der Waals surface area contributed by atoms with Crippen LogP contribution in [-0.4, -0.2) is 58.5 Å². The van der Waals surface area contributed by atoms with E-state index in [9.17, 15) is 14.9 Å². The highest BCUT2D eigenvalue weighted by Crippen LogP contribution is 2.49. The number of fused-ring (bicyclic) bond motifs is 4. The van der Waals surface area contributed by atoms with Crippen molar-refractivity contribution in [2.75, 3.05) is 31.1 Å². The summed E-state index contributed by atoms with van der Waals surface area (Å²) < 4.78 is 5.48. The van der Waals surface area contributed by atoms with Crippen molar-refractivity contribution in [1.29, 1.82) is 5.26 Å². The Morgan fingerprint density at radius 1 is 1.23 bits per heavy atom. The minimum atomic E-state index is -0.494. The fraction of sp³-hybridized carbons (Fsp3) is 0.462. The maximum absolute atomic E-state index is 13.6. The van der Waals surface area contributed by atoms with Crippen LogP contribution < -0.4 is 4.90 Å². The van der Waals surface area contributed by atoms with Crippen LogP contribution >= 0.6 is 11.3 Å². The van der Waals surface area contributed by atoms with Crippen LogP contribution in [0.2, 0.25) is 0 Å². The molecule has 8 nitrogen and oxygen atoms in total. The lowest BCUT2D eigenvalue weighted by molar-refractivity contribution is -0.0453. The number of nitriles is 1. The Kier molecular flexibility index (Phi) is 4.33. The molecule has 0 radical (unpaired) electrons. The molecule has 0 unspecified atom stereocenters. The first kappa shape index (κ1) is 22.1. The Balaban J connectivity index is 1.23.